The first-order valence-corrected chi connectivity index (χ1v) is 13.2. The zero-order valence-corrected chi connectivity index (χ0v) is 22.2. The molecule has 188 valence electrons. The molecule has 1 aromatic carbocycles. The van der Waals surface area contributed by atoms with Gasteiger partial charge < -0.3 is 15.8 Å². The summed E-state index contributed by atoms with van der Waals surface area (Å²) in [4.78, 5) is 31.8. The molecule has 0 aliphatic heterocycles. The van der Waals surface area contributed by atoms with Crippen LogP contribution in [0.2, 0.25) is 0 Å². The van der Waals surface area contributed by atoms with Crippen molar-refractivity contribution in [2.24, 2.45) is 23.7 Å². The van der Waals surface area contributed by atoms with Crippen LogP contribution in [0.3, 0.4) is 0 Å². The van der Waals surface area contributed by atoms with E-state index in [1.54, 1.807) is 18.3 Å². The van der Waals surface area contributed by atoms with Crippen LogP contribution >= 0.6 is 11.3 Å². The Labute approximate surface area is 212 Å². The maximum Gasteiger partial charge on any atom is 0.223 e. The Bertz CT molecular complexity index is 1120. The molecule has 3 N–H and O–H groups in total. The number of aromatic nitrogens is 1. The monoisotopic (exact) mass is 495 g/mol. The summed E-state index contributed by atoms with van der Waals surface area (Å²) >= 11 is 1.63. The summed E-state index contributed by atoms with van der Waals surface area (Å²) in [6.45, 7) is 9.91. The molecule has 0 bridgehead atoms. The van der Waals surface area contributed by atoms with Crippen molar-refractivity contribution in [1.29, 1.82) is 5.41 Å². The first kappa shape index (κ1) is 26.8. The van der Waals surface area contributed by atoms with Gasteiger partial charge in [-0.15, -0.1) is 11.3 Å². The minimum atomic E-state index is -0.634. The molecule has 1 aromatic heterocycles. The van der Waals surface area contributed by atoms with Gasteiger partial charge in [0.15, 0.2) is 0 Å². The van der Waals surface area contributed by atoms with Crippen LogP contribution in [0.1, 0.15) is 63.3 Å². The van der Waals surface area contributed by atoms with Crippen LogP contribution in [-0.4, -0.2) is 27.5 Å². The van der Waals surface area contributed by atoms with Crippen LogP contribution in [0, 0.1) is 42.9 Å². The summed E-state index contributed by atoms with van der Waals surface area (Å²) in [5, 5.41) is 21.2. The highest BCUT2D eigenvalue weighted by atomic mass is 32.1. The van der Waals surface area contributed by atoms with E-state index in [0.717, 1.165) is 46.5 Å². The second-order valence-electron chi connectivity index (χ2n) is 10.1. The smallest absolute Gasteiger partial charge is 0.223 e. The molecule has 7 heteroatoms. The fourth-order valence-corrected chi connectivity index (χ4v) is 5.81. The molecule has 0 saturated heterocycles. The number of hydrogen-bond donors (Lipinski definition) is 3. The van der Waals surface area contributed by atoms with E-state index in [2.05, 4.69) is 35.4 Å². The largest absolute Gasteiger partial charge is 0.511 e. The summed E-state index contributed by atoms with van der Waals surface area (Å²) < 4.78 is 0. The second kappa shape index (κ2) is 11.8. The molecule has 35 heavy (non-hydrogen) atoms. The predicted octanol–water partition coefficient (Wildman–Crippen LogP) is 6.17. The van der Waals surface area contributed by atoms with E-state index in [1.807, 2.05) is 26.3 Å². The number of amides is 1. The number of nitrogens with one attached hydrogen (secondary N) is 2. The molecule has 1 aliphatic carbocycles. The summed E-state index contributed by atoms with van der Waals surface area (Å²) in [6.07, 6.45) is 4.19. The van der Waals surface area contributed by atoms with E-state index in [4.69, 9.17) is 5.41 Å². The molecule has 3 rings (SSSR count). The third-order valence-electron chi connectivity index (χ3n) is 6.91. The van der Waals surface area contributed by atoms with Gasteiger partial charge in [-0.05, 0) is 68.7 Å². The number of aliphatic hydroxyl groups excluding tert-OH is 1. The highest BCUT2D eigenvalue weighted by Crippen LogP contribution is 2.35. The van der Waals surface area contributed by atoms with Gasteiger partial charge in [-0.2, -0.15) is 0 Å². The van der Waals surface area contributed by atoms with E-state index < -0.39 is 5.92 Å². The lowest BCUT2D eigenvalue weighted by Crippen LogP contribution is -2.38. The highest BCUT2D eigenvalue weighted by Gasteiger charge is 2.37. The van der Waals surface area contributed by atoms with Gasteiger partial charge in [-0.25, -0.2) is 4.98 Å². The van der Waals surface area contributed by atoms with E-state index in [1.165, 1.54) is 6.08 Å². The lowest BCUT2D eigenvalue weighted by Gasteiger charge is -2.31. The molecule has 1 fully saturated rings. The summed E-state index contributed by atoms with van der Waals surface area (Å²) in [7, 11) is 0. The molecule has 1 saturated carbocycles. The molecular formula is C28H37N3O3S. The number of Topliss-reactive ketones (excluding diaryl/α,β-unsaturated/α-hetero) is 1. The summed E-state index contributed by atoms with van der Waals surface area (Å²) in [5.74, 6) is -1.25. The maximum atomic E-state index is 13.3. The number of thiazole rings is 1. The van der Waals surface area contributed by atoms with Gasteiger partial charge in [0, 0.05) is 24.1 Å². The van der Waals surface area contributed by atoms with Crippen LogP contribution in [0.25, 0.3) is 10.4 Å². The van der Waals surface area contributed by atoms with Gasteiger partial charge in [-0.3, -0.25) is 9.59 Å². The zero-order valence-electron chi connectivity index (χ0n) is 21.4. The lowest BCUT2D eigenvalue weighted by atomic mass is 9.73. The van der Waals surface area contributed by atoms with E-state index >= 15 is 0 Å². The molecule has 1 amide bonds. The average Bonchev–Trinajstić information content (AvgIpc) is 3.23. The van der Waals surface area contributed by atoms with Crippen LogP contribution < -0.4 is 5.32 Å². The fraction of sp³-hybridized carbons (Fsp3) is 0.500. The van der Waals surface area contributed by atoms with Crippen molar-refractivity contribution in [3.05, 3.63) is 52.4 Å². The molecular weight excluding hydrogens is 458 g/mol. The quantitative estimate of drug-likeness (QED) is 0.286. The molecule has 1 heterocycles. The van der Waals surface area contributed by atoms with E-state index in [-0.39, 0.29) is 40.9 Å². The first-order chi connectivity index (χ1) is 16.6. The number of aliphatic hydroxyl groups is 1. The lowest BCUT2D eigenvalue weighted by molar-refractivity contribution is -0.132. The van der Waals surface area contributed by atoms with Gasteiger partial charge in [0.1, 0.15) is 11.5 Å². The standard InChI is InChI=1S/C28H37N3O3S/c1-16(2)25(24(32)12-18(4)29)26(33)20-7-6-8-22(13-20)28(34)30-14-23-10-9-21(11-17(23)3)27-19(5)31-15-35-27/h9-12,15-16,20,22,25,29,32H,6-8,13-14H2,1-5H3,(H,30,34)/b24-12-,29-18?/t20?,22?,25-/m1/s1. The molecule has 2 aromatic rings. The number of rotatable bonds is 9. The third-order valence-corrected chi connectivity index (χ3v) is 7.88. The number of hydrogen-bond acceptors (Lipinski definition) is 6. The minimum Gasteiger partial charge on any atom is -0.511 e. The van der Waals surface area contributed by atoms with Crippen molar-refractivity contribution < 1.29 is 14.7 Å². The summed E-state index contributed by atoms with van der Waals surface area (Å²) in [5.41, 5.74) is 6.43. The van der Waals surface area contributed by atoms with Gasteiger partial charge >= 0.3 is 0 Å². The Morgan fingerprint density at radius 1 is 1.26 bits per heavy atom. The van der Waals surface area contributed by atoms with Crippen molar-refractivity contribution >= 4 is 28.7 Å². The molecule has 2 unspecified atom stereocenters. The van der Waals surface area contributed by atoms with Crippen LogP contribution in [-0.2, 0) is 16.1 Å². The van der Waals surface area contributed by atoms with Gasteiger partial charge in [-0.1, -0.05) is 38.5 Å². The molecule has 0 spiro atoms. The topological polar surface area (TPSA) is 103 Å². The Balaban J connectivity index is 1.63. The number of carbonyl (C=O) groups excluding carboxylic acids is 2. The number of allylic oxidation sites excluding steroid dienone is 2. The Kier molecular flexibility index (Phi) is 9.00. The van der Waals surface area contributed by atoms with E-state index in [0.29, 0.717) is 13.0 Å². The van der Waals surface area contributed by atoms with Crippen molar-refractivity contribution in [3.63, 3.8) is 0 Å². The van der Waals surface area contributed by atoms with Crippen molar-refractivity contribution in [1.82, 2.24) is 10.3 Å². The minimum absolute atomic E-state index is 0.0134. The highest BCUT2D eigenvalue weighted by molar-refractivity contribution is 7.13. The number of carbonyl (C=O) groups is 2. The number of ketones is 1. The van der Waals surface area contributed by atoms with Crippen molar-refractivity contribution in [2.75, 3.05) is 0 Å². The Morgan fingerprint density at radius 2 is 1.97 bits per heavy atom. The molecule has 1 aliphatic rings. The Morgan fingerprint density at radius 3 is 2.57 bits per heavy atom. The predicted molar refractivity (Wildman–Crippen MR) is 142 cm³/mol. The zero-order chi connectivity index (χ0) is 25.7. The Hall–Kier alpha value is -2.80. The number of aryl methyl sites for hydroxylation is 2. The number of nitrogens with zero attached hydrogens (tertiary/aromatic N) is 1. The second-order valence-corrected chi connectivity index (χ2v) is 10.9. The van der Waals surface area contributed by atoms with Crippen LogP contribution in [0.5, 0.6) is 0 Å². The van der Waals surface area contributed by atoms with Crippen molar-refractivity contribution in [3.8, 4) is 10.4 Å². The summed E-state index contributed by atoms with van der Waals surface area (Å²) in [6, 6.07) is 6.27. The van der Waals surface area contributed by atoms with Gasteiger partial charge in [0.2, 0.25) is 5.91 Å². The third kappa shape index (κ3) is 6.66. The van der Waals surface area contributed by atoms with E-state index in [9.17, 15) is 14.7 Å². The van der Waals surface area contributed by atoms with Crippen molar-refractivity contribution in [2.45, 2.75) is 66.8 Å². The van der Waals surface area contributed by atoms with Gasteiger partial charge in [0.05, 0.1) is 22.0 Å². The average molecular weight is 496 g/mol. The van der Waals surface area contributed by atoms with Crippen LogP contribution in [0.4, 0.5) is 0 Å². The maximum absolute atomic E-state index is 13.3. The molecule has 3 atom stereocenters. The first-order valence-electron chi connectivity index (χ1n) is 12.4. The molecule has 0 radical (unpaired) electrons. The van der Waals surface area contributed by atoms with Gasteiger partial charge in [0.25, 0.3) is 0 Å². The number of benzene rings is 1. The van der Waals surface area contributed by atoms with Crippen LogP contribution in [0.15, 0.2) is 35.5 Å². The normalized spacial score (nSPS) is 19.4. The molecule has 6 nitrogen and oxygen atoms in total. The SMILES string of the molecule is CC(=N)/C=C(\O)[C@H](C(=O)C1CCCC(C(=O)NCc2ccc(-c3scnc3C)cc2C)C1)C(C)C. The fourth-order valence-electron chi connectivity index (χ4n) is 5.01.